The Morgan fingerprint density at radius 2 is 2.10 bits per heavy atom. The van der Waals surface area contributed by atoms with Crippen LogP contribution in [-0.4, -0.2) is 13.6 Å². The van der Waals surface area contributed by atoms with Crippen molar-refractivity contribution in [2.24, 2.45) is 11.8 Å². The smallest absolute Gasteiger partial charge is 0.0351 e. The second kappa shape index (κ2) is 4.71. The Bertz CT molecular complexity index is 695. The summed E-state index contributed by atoms with van der Waals surface area (Å²) in [5, 5.41) is 7.08. The van der Waals surface area contributed by atoms with Gasteiger partial charge in [-0.25, -0.2) is 0 Å². The van der Waals surface area contributed by atoms with E-state index in [9.17, 15) is 0 Å². The minimum absolute atomic E-state index is 0.821. The van der Waals surface area contributed by atoms with Crippen molar-refractivity contribution < 1.29 is 0 Å². The maximum Gasteiger partial charge on any atom is 0.0351 e. The van der Waals surface area contributed by atoms with E-state index in [2.05, 4.69) is 42.9 Å². The molecular weight excluding hydrogens is 262 g/mol. The zero-order valence-electron chi connectivity index (χ0n) is 12.2. The van der Waals surface area contributed by atoms with Gasteiger partial charge in [-0.05, 0) is 84.2 Å². The fourth-order valence-corrected chi connectivity index (χ4v) is 5.20. The van der Waals surface area contributed by atoms with Gasteiger partial charge in [0.2, 0.25) is 0 Å². The molecule has 2 atom stereocenters. The molecule has 0 amide bonds. The minimum atomic E-state index is 0.821. The number of thiophene rings is 1. The van der Waals surface area contributed by atoms with Gasteiger partial charge < -0.3 is 5.32 Å². The predicted molar refractivity (Wildman–Crippen MR) is 88.2 cm³/mol. The van der Waals surface area contributed by atoms with Crippen LogP contribution in [0.1, 0.15) is 30.4 Å². The first-order valence-corrected chi connectivity index (χ1v) is 8.51. The zero-order valence-corrected chi connectivity index (χ0v) is 13.0. The van der Waals surface area contributed by atoms with Crippen molar-refractivity contribution in [1.29, 1.82) is 0 Å². The quantitative estimate of drug-likeness (QED) is 0.867. The van der Waals surface area contributed by atoms with Crippen LogP contribution in [0.2, 0.25) is 0 Å². The minimum Gasteiger partial charge on any atom is -0.316 e. The van der Waals surface area contributed by atoms with Crippen molar-refractivity contribution in [2.75, 3.05) is 13.6 Å². The third kappa shape index (κ3) is 1.78. The lowest BCUT2D eigenvalue weighted by Crippen LogP contribution is -2.16. The SMILES string of the molecule is CNCC1=C(c2ccc3c(C)csc3c2)C2CCC1C2. The Kier molecular flexibility index (Phi) is 2.97. The van der Waals surface area contributed by atoms with Gasteiger partial charge in [-0.15, -0.1) is 11.3 Å². The van der Waals surface area contributed by atoms with Crippen molar-refractivity contribution in [3.05, 3.63) is 40.3 Å². The van der Waals surface area contributed by atoms with Crippen molar-refractivity contribution in [2.45, 2.75) is 26.2 Å². The van der Waals surface area contributed by atoms with Crippen molar-refractivity contribution in [3.8, 4) is 0 Å². The summed E-state index contributed by atoms with van der Waals surface area (Å²) < 4.78 is 1.44. The molecule has 1 heterocycles. The molecule has 2 aliphatic rings. The van der Waals surface area contributed by atoms with Crippen molar-refractivity contribution >= 4 is 27.0 Å². The number of allylic oxidation sites excluding steroid dienone is 1. The molecule has 0 radical (unpaired) electrons. The van der Waals surface area contributed by atoms with Crippen LogP contribution in [0.25, 0.3) is 15.7 Å². The molecular formula is C18H21NS. The van der Waals surface area contributed by atoms with E-state index in [1.807, 2.05) is 11.3 Å². The van der Waals surface area contributed by atoms with E-state index in [1.165, 1.54) is 40.5 Å². The summed E-state index contributed by atoms with van der Waals surface area (Å²) in [6.45, 7) is 3.28. The number of likely N-dealkylation sites (N-methyl/N-ethyl adjacent to an activating group) is 1. The molecule has 1 nitrogen and oxygen atoms in total. The van der Waals surface area contributed by atoms with Crippen LogP contribution in [0.15, 0.2) is 29.2 Å². The maximum atomic E-state index is 3.38. The highest BCUT2D eigenvalue weighted by molar-refractivity contribution is 7.17. The summed E-state index contributed by atoms with van der Waals surface area (Å²) in [4.78, 5) is 0. The van der Waals surface area contributed by atoms with Crippen LogP contribution < -0.4 is 5.32 Å². The van der Waals surface area contributed by atoms with Gasteiger partial charge in [0.15, 0.2) is 0 Å². The fraction of sp³-hybridized carbons (Fsp3) is 0.444. The average molecular weight is 283 g/mol. The summed E-state index contributed by atoms with van der Waals surface area (Å²) in [5.74, 6) is 1.67. The van der Waals surface area contributed by atoms with Crippen LogP contribution in [0, 0.1) is 18.8 Å². The zero-order chi connectivity index (χ0) is 13.7. The number of hydrogen-bond acceptors (Lipinski definition) is 2. The fourth-order valence-electron chi connectivity index (χ4n) is 4.22. The standard InChI is InChI=1S/C18H21NS/c1-11-10-20-17-8-14(5-6-15(11)17)18-13-4-3-12(7-13)16(18)9-19-2/h5-6,8,10,12-13,19H,3-4,7,9H2,1-2H3. The molecule has 0 saturated heterocycles. The van der Waals surface area contributed by atoms with E-state index in [1.54, 1.807) is 11.1 Å². The van der Waals surface area contributed by atoms with Gasteiger partial charge in [-0.1, -0.05) is 12.1 Å². The molecule has 2 aromatic rings. The van der Waals surface area contributed by atoms with Gasteiger partial charge >= 0.3 is 0 Å². The molecule has 4 rings (SSSR count). The Labute approximate surface area is 124 Å². The van der Waals surface area contributed by atoms with Gasteiger partial charge in [0, 0.05) is 11.2 Å². The number of nitrogens with one attached hydrogen (secondary N) is 1. The van der Waals surface area contributed by atoms with E-state index in [4.69, 9.17) is 0 Å². The first-order valence-electron chi connectivity index (χ1n) is 7.63. The van der Waals surface area contributed by atoms with E-state index in [-0.39, 0.29) is 0 Å². The maximum absolute atomic E-state index is 3.38. The molecule has 0 aliphatic heterocycles. The summed E-state index contributed by atoms with van der Waals surface area (Å²) in [5.41, 5.74) is 6.26. The number of hydrogen-bond donors (Lipinski definition) is 1. The number of benzene rings is 1. The van der Waals surface area contributed by atoms with E-state index in [0.29, 0.717) is 0 Å². The van der Waals surface area contributed by atoms with Crippen LogP contribution in [0.4, 0.5) is 0 Å². The number of fused-ring (bicyclic) bond motifs is 3. The molecule has 1 aromatic heterocycles. The molecule has 2 unspecified atom stereocenters. The van der Waals surface area contributed by atoms with Crippen molar-refractivity contribution in [1.82, 2.24) is 5.32 Å². The Balaban J connectivity index is 1.84. The van der Waals surface area contributed by atoms with Crippen LogP contribution >= 0.6 is 11.3 Å². The largest absolute Gasteiger partial charge is 0.316 e. The molecule has 1 fully saturated rings. The monoisotopic (exact) mass is 283 g/mol. The molecule has 0 spiro atoms. The summed E-state index contributed by atoms with van der Waals surface area (Å²) in [6, 6.07) is 7.11. The lowest BCUT2D eigenvalue weighted by molar-refractivity contribution is 0.627. The van der Waals surface area contributed by atoms with E-state index < -0.39 is 0 Å². The number of rotatable bonds is 3. The molecule has 1 saturated carbocycles. The highest BCUT2D eigenvalue weighted by atomic mass is 32.1. The van der Waals surface area contributed by atoms with Gasteiger partial charge in [0.25, 0.3) is 0 Å². The van der Waals surface area contributed by atoms with Crippen molar-refractivity contribution in [3.63, 3.8) is 0 Å². The molecule has 20 heavy (non-hydrogen) atoms. The average Bonchev–Trinajstić information content (AvgIpc) is 3.14. The topological polar surface area (TPSA) is 12.0 Å². The highest BCUT2D eigenvalue weighted by Gasteiger charge is 2.38. The van der Waals surface area contributed by atoms with Crippen LogP contribution in [0.5, 0.6) is 0 Å². The normalized spacial score (nSPS) is 25.1. The molecule has 1 aromatic carbocycles. The molecule has 2 heteroatoms. The summed E-state index contributed by atoms with van der Waals surface area (Å²) in [6.07, 6.45) is 4.20. The van der Waals surface area contributed by atoms with Gasteiger partial charge in [-0.3, -0.25) is 0 Å². The number of aryl methyl sites for hydroxylation is 1. The molecule has 2 bridgehead atoms. The van der Waals surface area contributed by atoms with Crippen LogP contribution in [-0.2, 0) is 0 Å². The first-order chi connectivity index (χ1) is 9.78. The summed E-state index contributed by atoms with van der Waals surface area (Å²) >= 11 is 1.88. The second-order valence-electron chi connectivity index (χ2n) is 6.31. The molecule has 104 valence electrons. The Morgan fingerprint density at radius 1 is 1.25 bits per heavy atom. The lowest BCUT2D eigenvalue weighted by Gasteiger charge is -2.20. The molecule has 1 N–H and O–H groups in total. The van der Waals surface area contributed by atoms with Crippen LogP contribution in [0.3, 0.4) is 0 Å². The Hall–Kier alpha value is -1.12. The predicted octanol–water partition coefficient (Wildman–Crippen LogP) is 4.61. The van der Waals surface area contributed by atoms with E-state index >= 15 is 0 Å². The lowest BCUT2D eigenvalue weighted by atomic mass is 9.87. The van der Waals surface area contributed by atoms with Gasteiger partial charge in [-0.2, -0.15) is 0 Å². The second-order valence-corrected chi connectivity index (χ2v) is 7.22. The third-order valence-electron chi connectivity index (χ3n) is 5.13. The van der Waals surface area contributed by atoms with Gasteiger partial charge in [0.05, 0.1) is 0 Å². The first kappa shape index (κ1) is 12.6. The van der Waals surface area contributed by atoms with E-state index in [0.717, 1.165) is 18.4 Å². The molecule has 2 aliphatic carbocycles. The third-order valence-corrected chi connectivity index (χ3v) is 6.19. The highest BCUT2D eigenvalue weighted by Crippen LogP contribution is 2.52. The Morgan fingerprint density at radius 3 is 2.95 bits per heavy atom. The summed E-state index contributed by atoms with van der Waals surface area (Å²) in [7, 11) is 2.07. The van der Waals surface area contributed by atoms with Gasteiger partial charge in [0.1, 0.15) is 0 Å².